The summed E-state index contributed by atoms with van der Waals surface area (Å²) in [4.78, 5) is 4.32. The zero-order chi connectivity index (χ0) is 14.9. The zero-order valence-corrected chi connectivity index (χ0v) is 13.8. The van der Waals surface area contributed by atoms with Gasteiger partial charge < -0.3 is 5.73 Å². The minimum absolute atomic E-state index is 0. The fourth-order valence-electron chi connectivity index (χ4n) is 2.80. The molecule has 0 saturated carbocycles. The Balaban J connectivity index is 0.00000176. The first-order chi connectivity index (χ1) is 10.1. The third kappa shape index (κ3) is 3.57. The molecule has 7 heteroatoms. The molecule has 1 aliphatic rings. The van der Waals surface area contributed by atoms with Gasteiger partial charge in [0.15, 0.2) is 0 Å². The lowest BCUT2D eigenvalue weighted by atomic mass is 10.1. The van der Waals surface area contributed by atoms with Gasteiger partial charge in [-0.15, -0.1) is 12.4 Å². The molecule has 5 nitrogen and oxygen atoms in total. The second-order valence-corrected chi connectivity index (χ2v) is 7.48. The van der Waals surface area contributed by atoms with E-state index < -0.39 is 10.0 Å². The van der Waals surface area contributed by atoms with Crippen LogP contribution in [0.25, 0.3) is 10.9 Å². The van der Waals surface area contributed by atoms with Crippen LogP contribution < -0.4 is 5.73 Å². The summed E-state index contributed by atoms with van der Waals surface area (Å²) in [6, 6.07) is 9.38. The van der Waals surface area contributed by atoms with Crippen molar-refractivity contribution < 1.29 is 8.42 Å². The molecular formula is C15H20ClN3O2S. The highest BCUT2D eigenvalue weighted by molar-refractivity contribution is 7.88. The number of nitrogens with zero attached hydrogens (tertiary/aromatic N) is 2. The Morgan fingerprint density at radius 3 is 2.82 bits per heavy atom. The highest BCUT2D eigenvalue weighted by Gasteiger charge is 2.27. The fourth-order valence-corrected chi connectivity index (χ4v) is 4.43. The number of rotatable bonds is 3. The molecule has 1 aliphatic heterocycles. The van der Waals surface area contributed by atoms with Gasteiger partial charge in [-0.3, -0.25) is 4.98 Å². The average Bonchev–Trinajstić information content (AvgIpc) is 2.47. The van der Waals surface area contributed by atoms with E-state index in [1.54, 1.807) is 6.20 Å². The van der Waals surface area contributed by atoms with Crippen molar-refractivity contribution in [1.29, 1.82) is 0 Å². The molecule has 0 amide bonds. The molecule has 1 fully saturated rings. The van der Waals surface area contributed by atoms with Crippen molar-refractivity contribution in [1.82, 2.24) is 9.29 Å². The van der Waals surface area contributed by atoms with Crippen LogP contribution in [0, 0.1) is 0 Å². The topological polar surface area (TPSA) is 76.3 Å². The Morgan fingerprint density at radius 1 is 1.27 bits per heavy atom. The molecule has 1 unspecified atom stereocenters. The molecular weight excluding hydrogens is 322 g/mol. The Bertz CT molecular complexity index is 746. The van der Waals surface area contributed by atoms with E-state index in [1.807, 2.05) is 30.3 Å². The van der Waals surface area contributed by atoms with Crippen LogP contribution in [-0.4, -0.2) is 36.8 Å². The molecule has 120 valence electrons. The maximum absolute atomic E-state index is 12.6. The molecule has 0 radical (unpaired) electrons. The number of hydrogen-bond donors (Lipinski definition) is 1. The molecule has 0 bridgehead atoms. The van der Waals surface area contributed by atoms with Gasteiger partial charge in [-0.25, -0.2) is 12.7 Å². The normalized spacial score (nSPS) is 19.8. The van der Waals surface area contributed by atoms with Crippen LogP contribution in [0.15, 0.2) is 36.5 Å². The van der Waals surface area contributed by atoms with Gasteiger partial charge in [-0.1, -0.05) is 24.3 Å². The predicted molar refractivity (Wildman–Crippen MR) is 90.4 cm³/mol. The second-order valence-electron chi connectivity index (χ2n) is 5.51. The standard InChI is InChI=1S/C15H19N3O2S.ClH/c16-14-7-3-9-18(10-14)21(19,20)11-13-5-1-4-12-6-2-8-17-15(12)13;/h1-2,4-6,8,14H,3,7,9-11,16H2;1H. The molecule has 0 spiro atoms. The number of piperidine rings is 1. The van der Waals surface area contributed by atoms with Gasteiger partial charge in [0.25, 0.3) is 0 Å². The summed E-state index contributed by atoms with van der Waals surface area (Å²) in [5.74, 6) is -0.0198. The van der Waals surface area contributed by atoms with Crippen molar-refractivity contribution in [3.8, 4) is 0 Å². The first-order valence-corrected chi connectivity index (χ1v) is 8.73. The van der Waals surface area contributed by atoms with Gasteiger partial charge in [0.1, 0.15) is 0 Å². The Kier molecular flexibility index (Phi) is 5.39. The monoisotopic (exact) mass is 341 g/mol. The Hall–Kier alpha value is -1.21. The van der Waals surface area contributed by atoms with Crippen LogP contribution in [-0.2, 0) is 15.8 Å². The zero-order valence-electron chi connectivity index (χ0n) is 12.2. The number of sulfonamides is 1. The van der Waals surface area contributed by atoms with Crippen LogP contribution in [0.2, 0.25) is 0 Å². The van der Waals surface area contributed by atoms with Crippen molar-refractivity contribution in [2.24, 2.45) is 5.73 Å². The smallest absolute Gasteiger partial charge is 0.218 e. The van der Waals surface area contributed by atoms with Crippen molar-refractivity contribution in [3.63, 3.8) is 0 Å². The van der Waals surface area contributed by atoms with E-state index >= 15 is 0 Å². The van der Waals surface area contributed by atoms with Crippen LogP contribution in [0.1, 0.15) is 18.4 Å². The summed E-state index contributed by atoms with van der Waals surface area (Å²) in [6.07, 6.45) is 3.41. The molecule has 1 saturated heterocycles. The van der Waals surface area contributed by atoms with E-state index in [0.717, 1.165) is 29.3 Å². The quantitative estimate of drug-likeness (QED) is 0.925. The summed E-state index contributed by atoms with van der Waals surface area (Å²) in [5.41, 5.74) is 7.38. The maximum atomic E-state index is 12.6. The van der Waals surface area contributed by atoms with Crippen molar-refractivity contribution in [3.05, 3.63) is 42.1 Å². The van der Waals surface area contributed by atoms with Crippen molar-refractivity contribution in [2.45, 2.75) is 24.6 Å². The number of pyridine rings is 1. The van der Waals surface area contributed by atoms with Gasteiger partial charge in [0.05, 0.1) is 11.3 Å². The van der Waals surface area contributed by atoms with Crippen LogP contribution in [0.4, 0.5) is 0 Å². The van der Waals surface area contributed by atoms with E-state index in [9.17, 15) is 8.42 Å². The molecule has 22 heavy (non-hydrogen) atoms. The molecule has 2 N–H and O–H groups in total. The van der Waals surface area contributed by atoms with Gasteiger partial charge in [0, 0.05) is 30.7 Å². The number of para-hydroxylation sites is 1. The van der Waals surface area contributed by atoms with E-state index in [0.29, 0.717) is 13.1 Å². The van der Waals surface area contributed by atoms with Crippen LogP contribution in [0.3, 0.4) is 0 Å². The summed E-state index contributed by atoms with van der Waals surface area (Å²) in [6.45, 7) is 0.981. The number of hydrogen-bond acceptors (Lipinski definition) is 4. The molecule has 2 heterocycles. The Labute approximate surface area is 137 Å². The number of aromatic nitrogens is 1. The summed E-state index contributed by atoms with van der Waals surface area (Å²) in [7, 11) is -3.35. The van der Waals surface area contributed by atoms with Crippen LogP contribution in [0.5, 0.6) is 0 Å². The van der Waals surface area contributed by atoms with E-state index in [-0.39, 0.29) is 24.2 Å². The minimum Gasteiger partial charge on any atom is -0.327 e. The number of halogens is 1. The molecule has 1 aromatic heterocycles. The van der Waals surface area contributed by atoms with Crippen molar-refractivity contribution >= 4 is 33.3 Å². The number of nitrogens with two attached hydrogens (primary N) is 1. The number of benzene rings is 1. The summed E-state index contributed by atoms with van der Waals surface area (Å²) < 4.78 is 26.7. The Morgan fingerprint density at radius 2 is 2.05 bits per heavy atom. The fraction of sp³-hybridized carbons (Fsp3) is 0.400. The summed E-state index contributed by atoms with van der Waals surface area (Å²) >= 11 is 0. The molecule has 1 aromatic carbocycles. The first kappa shape index (κ1) is 17.1. The van der Waals surface area contributed by atoms with Crippen LogP contribution >= 0.6 is 12.4 Å². The third-order valence-electron chi connectivity index (χ3n) is 3.87. The van der Waals surface area contributed by atoms with Gasteiger partial charge in [0.2, 0.25) is 10.0 Å². The predicted octanol–water partition coefficient (Wildman–Crippen LogP) is 1.91. The van der Waals surface area contributed by atoms with E-state index in [2.05, 4.69) is 4.98 Å². The molecule has 1 atom stereocenters. The maximum Gasteiger partial charge on any atom is 0.218 e. The van der Waals surface area contributed by atoms with E-state index in [1.165, 1.54) is 4.31 Å². The average molecular weight is 342 g/mol. The van der Waals surface area contributed by atoms with Gasteiger partial charge in [-0.2, -0.15) is 0 Å². The minimum atomic E-state index is -3.35. The lowest BCUT2D eigenvalue weighted by Crippen LogP contribution is -2.46. The van der Waals surface area contributed by atoms with Crippen molar-refractivity contribution in [2.75, 3.05) is 13.1 Å². The lowest BCUT2D eigenvalue weighted by Gasteiger charge is -2.29. The highest BCUT2D eigenvalue weighted by atomic mass is 35.5. The summed E-state index contributed by atoms with van der Waals surface area (Å²) in [5, 5.41) is 0.959. The second kappa shape index (κ2) is 6.91. The molecule has 2 aromatic rings. The third-order valence-corrected chi connectivity index (χ3v) is 5.66. The van der Waals surface area contributed by atoms with E-state index in [4.69, 9.17) is 5.73 Å². The molecule has 3 rings (SSSR count). The SMILES string of the molecule is Cl.NC1CCCN(S(=O)(=O)Cc2cccc3cccnc23)C1. The lowest BCUT2D eigenvalue weighted by molar-refractivity contribution is 0.316. The highest BCUT2D eigenvalue weighted by Crippen LogP contribution is 2.21. The van der Waals surface area contributed by atoms with Gasteiger partial charge >= 0.3 is 0 Å². The molecule has 0 aliphatic carbocycles. The largest absolute Gasteiger partial charge is 0.327 e. The van der Waals surface area contributed by atoms with Gasteiger partial charge in [-0.05, 0) is 24.5 Å². The number of fused-ring (bicyclic) bond motifs is 1. The first-order valence-electron chi connectivity index (χ1n) is 7.12.